The fourth-order valence-corrected chi connectivity index (χ4v) is 3.69. The molecule has 191 valence electrons. The Labute approximate surface area is 223 Å². The quantitative estimate of drug-likeness (QED) is 0.152. The number of aliphatic hydroxyl groups is 1. The van der Waals surface area contributed by atoms with E-state index >= 15 is 0 Å². The largest absolute Gasteiger partial charge is 0.512 e. The number of hydrogen-bond donors (Lipinski definition) is 1. The van der Waals surface area contributed by atoms with Crippen molar-refractivity contribution in [3.8, 4) is 11.3 Å². The molecular weight excluding hydrogens is 618 g/mol. The summed E-state index contributed by atoms with van der Waals surface area (Å²) in [6.07, 6.45) is 3.37. The van der Waals surface area contributed by atoms with Gasteiger partial charge in [0.05, 0.1) is 11.3 Å². The molecule has 0 bridgehead atoms. The monoisotopic (exact) mass is 655 g/mol. The van der Waals surface area contributed by atoms with Gasteiger partial charge in [0.2, 0.25) is 0 Å². The van der Waals surface area contributed by atoms with Crippen molar-refractivity contribution in [2.24, 2.45) is 17.8 Å². The molecule has 0 saturated heterocycles. The molecule has 0 aliphatic heterocycles. The molecule has 2 aromatic carbocycles. The number of hydrogen-bond acceptors (Lipinski definition) is 3. The number of rotatable bonds is 8. The molecule has 0 saturated carbocycles. The fraction of sp³-hybridized carbons (Fsp3) is 0.400. The molecule has 1 heterocycles. The van der Waals surface area contributed by atoms with Crippen LogP contribution in [0.5, 0.6) is 0 Å². The number of fused-ring (bicyclic) bond motifs is 1. The van der Waals surface area contributed by atoms with Crippen LogP contribution < -0.4 is 0 Å². The average molecular weight is 655 g/mol. The van der Waals surface area contributed by atoms with Crippen LogP contribution in [-0.4, -0.2) is 15.9 Å². The third kappa shape index (κ3) is 10.8. The van der Waals surface area contributed by atoms with Crippen molar-refractivity contribution >= 4 is 16.7 Å². The number of aromatic nitrogens is 1. The summed E-state index contributed by atoms with van der Waals surface area (Å²) in [5.74, 6) is 1.27. The van der Waals surface area contributed by atoms with Crippen LogP contribution in [-0.2, 0) is 31.3 Å². The zero-order valence-electron chi connectivity index (χ0n) is 21.6. The maximum atomic E-state index is 13.5. The smallest absolute Gasteiger partial charge is 0.159 e. The first-order valence-corrected chi connectivity index (χ1v) is 12.0. The molecule has 1 aromatic heterocycles. The minimum Gasteiger partial charge on any atom is -0.512 e. The summed E-state index contributed by atoms with van der Waals surface area (Å²) in [4.78, 5) is 15.9. The van der Waals surface area contributed by atoms with E-state index in [4.69, 9.17) is 0 Å². The third-order valence-electron chi connectivity index (χ3n) is 5.02. The van der Waals surface area contributed by atoms with Gasteiger partial charge >= 0.3 is 0 Å². The Balaban J connectivity index is 0.000000383. The zero-order valence-corrected chi connectivity index (χ0v) is 24.0. The molecule has 5 heteroatoms. The van der Waals surface area contributed by atoms with Crippen LogP contribution in [0.25, 0.3) is 22.2 Å². The molecule has 0 spiro atoms. The summed E-state index contributed by atoms with van der Waals surface area (Å²) < 4.78 is 13.5. The fourth-order valence-electron chi connectivity index (χ4n) is 3.69. The van der Waals surface area contributed by atoms with E-state index < -0.39 is 0 Å². The minimum atomic E-state index is -0.215. The Bertz CT molecular complexity index is 1110. The molecule has 35 heavy (non-hydrogen) atoms. The van der Waals surface area contributed by atoms with Crippen LogP contribution in [0.1, 0.15) is 59.9 Å². The molecule has 1 radical (unpaired) electrons. The van der Waals surface area contributed by atoms with Gasteiger partial charge in [0.1, 0.15) is 5.82 Å². The summed E-state index contributed by atoms with van der Waals surface area (Å²) in [7, 11) is 0. The van der Waals surface area contributed by atoms with Crippen LogP contribution >= 0.6 is 0 Å². The first kappa shape index (κ1) is 30.7. The van der Waals surface area contributed by atoms with Crippen LogP contribution in [0.15, 0.2) is 60.4 Å². The van der Waals surface area contributed by atoms with Gasteiger partial charge in [0, 0.05) is 44.4 Å². The van der Waals surface area contributed by atoms with Crippen molar-refractivity contribution in [2.75, 3.05) is 0 Å². The van der Waals surface area contributed by atoms with Gasteiger partial charge < -0.3 is 5.11 Å². The van der Waals surface area contributed by atoms with E-state index in [1.807, 2.05) is 52.0 Å². The second kappa shape index (κ2) is 14.9. The number of allylic oxidation sites excluding steroid dienone is 2. The van der Waals surface area contributed by atoms with Crippen LogP contribution in [0.3, 0.4) is 0 Å². The topological polar surface area (TPSA) is 50.2 Å². The van der Waals surface area contributed by atoms with Gasteiger partial charge in [-0.3, -0.25) is 9.78 Å². The number of halogens is 1. The summed E-state index contributed by atoms with van der Waals surface area (Å²) >= 11 is 0. The molecule has 0 atom stereocenters. The predicted molar refractivity (Wildman–Crippen MR) is 139 cm³/mol. The Morgan fingerprint density at radius 3 is 2.26 bits per heavy atom. The van der Waals surface area contributed by atoms with Crippen LogP contribution in [0.4, 0.5) is 4.39 Å². The summed E-state index contributed by atoms with van der Waals surface area (Å²) in [5, 5.41) is 10.2. The maximum Gasteiger partial charge on any atom is 0.159 e. The van der Waals surface area contributed by atoms with Crippen molar-refractivity contribution in [3.63, 3.8) is 0 Å². The molecule has 1 N–H and O–H groups in total. The molecule has 3 aromatic rings. The van der Waals surface area contributed by atoms with Gasteiger partial charge in [0.15, 0.2) is 5.78 Å². The molecule has 0 aliphatic rings. The summed E-state index contributed by atoms with van der Waals surface area (Å²) in [6, 6.07) is 17.9. The van der Waals surface area contributed by atoms with Gasteiger partial charge in [-0.2, -0.15) is 0 Å². The summed E-state index contributed by atoms with van der Waals surface area (Å²) in [5.41, 5.74) is 3.84. The number of nitrogens with zero attached hydrogens (tertiary/aromatic N) is 1. The Kier molecular flexibility index (Phi) is 13.1. The second-order valence-corrected chi connectivity index (χ2v) is 10.0. The normalized spacial score (nSPS) is 11.4. The third-order valence-corrected chi connectivity index (χ3v) is 5.02. The molecule has 0 amide bonds. The standard InChI is InChI=1S/C19H17FN.C11H20O2.Ir/c1-13(2)10-15-11-19(14-6-4-3-5-7-14)21-18-9-8-16(20)12-17(15)18;1-8(2)5-10(12)7-11(13)6-9(3)4;/h3-6,8-9,11-13H,10H2,1-2H3;7-9,12H,5-6H2,1-4H3;/q-1;;/b;10-7-;. The average Bonchev–Trinajstić information content (AvgIpc) is 2.73. The van der Waals surface area contributed by atoms with Gasteiger partial charge in [-0.1, -0.05) is 47.6 Å². The van der Waals surface area contributed by atoms with Crippen molar-refractivity contribution < 1.29 is 34.4 Å². The Hall–Kier alpha value is -2.36. The van der Waals surface area contributed by atoms with Crippen molar-refractivity contribution in [2.45, 2.75) is 60.8 Å². The van der Waals surface area contributed by atoms with Crippen molar-refractivity contribution in [1.82, 2.24) is 4.98 Å². The molecule has 0 unspecified atom stereocenters. The number of carbonyl (C=O) groups is 1. The number of carbonyl (C=O) groups excluding carboxylic acids is 1. The zero-order chi connectivity index (χ0) is 25.3. The molecule has 3 nitrogen and oxygen atoms in total. The number of aliphatic hydroxyl groups excluding tert-OH is 1. The SMILES string of the molecule is CC(C)CC(=O)/C=C(\O)CC(C)C.CC(C)Cc1cc(-c2[c-]cccc2)nc2ccc(F)cc12.[Ir]. The van der Waals surface area contributed by atoms with E-state index in [9.17, 15) is 14.3 Å². The number of pyridine rings is 1. The van der Waals surface area contributed by atoms with Gasteiger partial charge in [0.25, 0.3) is 0 Å². The van der Waals surface area contributed by atoms with E-state index in [2.05, 4.69) is 31.0 Å². The van der Waals surface area contributed by atoms with Crippen LogP contribution in [0.2, 0.25) is 0 Å². The molecule has 0 fully saturated rings. The van der Waals surface area contributed by atoms with E-state index in [0.29, 0.717) is 30.6 Å². The van der Waals surface area contributed by atoms with E-state index in [-0.39, 0.29) is 37.5 Å². The summed E-state index contributed by atoms with van der Waals surface area (Å²) in [6.45, 7) is 12.3. The first-order valence-electron chi connectivity index (χ1n) is 12.0. The number of benzene rings is 2. The van der Waals surface area contributed by atoms with Gasteiger partial charge in [-0.15, -0.1) is 35.9 Å². The van der Waals surface area contributed by atoms with E-state index in [1.54, 1.807) is 12.1 Å². The number of ketones is 1. The molecule has 0 aliphatic carbocycles. The molecule has 3 rings (SSSR count). The molecular formula is C30H37FIrNO2-. The van der Waals surface area contributed by atoms with Crippen molar-refractivity contribution in [1.29, 1.82) is 0 Å². The van der Waals surface area contributed by atoms with Crippen LogP contribution in [0, 0.1) is 29.6 Å². The van der Waals surface area contributed by atoms with Gasteiger partial charge in [-0.25, -0.2) is 4.39 Å². The van der Waals surface area contributed by atoms with Gasteiger partial charge in [-0.05, 0) is 53.6 Å². The Morgan fingerprint density at radius 1 is 1.00 bits per heavy atom. The van der Waals surface area contributed by atoms with E-state index in [0.717, 1.165) is 34.1 Å². The predicted octanol–water partition coefficient (Wildman–Crippen LogP) is 8.13. The van der Waals surface area contributed by atoms with Crippen molar-refractivity contribution in [3.05, 3.63) is 77.8 Å². The first-order chi connectivity index (χ1) is 16.0. The maximum absolute atomic E-state index is 13.5. The Morgan fingerprint density at radius 2 is 1.69 bits per heavy atom. The minimum absolute atomic E-state index is 0. The second-order valence-electron chi connectivity index (χ2n) is 10.0. The van der Waals surface area contributed by atoms with E-state index in [1.165, 1.54) is 12.1 Å².